The predicted octanol–water partition coefficient (Wildman–Crippen LogP) is 6.12. The first-order chi connectivity index (χ1) is 14.6. The molecule has 0 aliphatic rings. The molecule has 0 aromatic heterocycles. The Morgan fingerprint density at radius 2 is 1.87 bits per heavy atom. The quantitative estimate of drug-likeness (QED) is 0.355. The molecule has 2 aromatic rings. The van der Waals surface area contributed by atoms with E-state index in [9.17, 15) is 4.79 Å². The van der Waals surface area contributed by atoms with Gasteiger partial charge in [0.05, 0.1) is 11.4 Å². The van der Waals surface area contributed by atoms with E-state index in [-0.39, 0.29) is 6.42 Å². The summed E-state index contributed by atoms with van der Waals surface area (Å²) in [5, 5.41) is 12.3. The van der Waals surface area contributed by atoms with Crippen molar-refractivity contribution in [2.75, 3.05) is 13.1 Å². The first-order valence-corrected chi connectivity index (χ1v) is 11.1. The van der Waals surface area contributed by atoms with Gasteiger partial charge >= 0.3 is 5.97 Å². The lowest BCUT2D eigenvalue weighted by atomic mass is 10.0. The van der Waals surface area contributed by atoms with Gasteiger partial charge in [0.25, 0.3) is 0 Å². The van der Waals surface area contributed by atoms with Crippen LogP contribution < -0.4 is 10.1 Å². The summed E-state index contributed by atoms with van der Waals surface area (Å²) in [6, 6.07) is 14.3. The van der Waals surface area contributed by atoms with Gasteiger partial charge in [0.1, 0.15) is 12.4 Å². The number of benzene rings is 2. The molecule has 2 aromatic carbocycles. The van der Waals surface area contributed by atoms with Gasteiger partial charge in [0.15, 0.2) is 0 Å². The summed E-state index contributed by atoms with van der Waals surface area (Å²) in [5.41, 5.74) is 3.42. The van der Waals surface area contributed by atoms with Gasteiger partial charge < -0.3 is 15.2 Å². The number of halogens is 1. The van der Waals surface area contributed by atoms with Crippen LogP contribution in [0, 0.1) is 0 Å². The standard InChI is InChI=1S/C25H32ClNO3/c1-2-3-4-5-7-20-9-11-21(12-10-20)19-30-23-14-13-22(24(26)18-23)8-6-16-27-17-15-25(28)29/h6,8-14,18,27H,2-5,7,15-17,19H2,1H3,(H,28,29). The molecule has 162 valence electrons. The van der Waals surface area contributed by atoms with Crippen LogP contribution in [0.3, 0.4) is 0 Å². The van der Waals surface area contributed by atoms with Gasteiger partial charge in [-0.05, 0) is 47.7 Å². The highest BCUT2D eigenvalue weighted by Crippen LogP contribution is 2.24. The van der Waals surface area contributed by atoms with Crippen LogP contribution in [-0.4, -0.2) is 24.2 Å². The first-order valence-electron chi connectivity index (χ1n) is 10.7. The summed E-state index contributed by atoms with van der Waals surface area (Å²) in [6.45, 7) is 3.78. The molecule has 0 saturated heterocycles. The van der Waals surface area contributed by atoms with E-state index < -0.39 is 5.97 Å². The lowest BCUT2D eigenvalue weighted by Gasteiger charge is -2.09. The maximum absolute atomic E-state index is 10.5. The molecule has 0 aliphatic heterocycles. The number of carboxylic acids is 1. The van der Waals surface area contributed by atoms with E-state index in [1.165, 1.54) is 31.2 Å². The lowest BCUT2D eigenvalue weighted by Crippen LogP contribution is -2.17. The Hall–Kier alpha value is -2.30. The molecular weight excluding hydrogens is 398 g/mol. The fourth-order valence-corrected chi connectivity index (χ4v) is 3.26. The van der Waals surface area contributed by atoms with Gasteiger partial charge in [-0.15, -0.1) is 0 Å². The van der Waals surface area contributed by atoms with Crippen molar-refractivity contribution in [3.05, 3.63) is 70.3 Å². The van der Waals surface area contributed by atoms with Crippen LogP contribution in [0.4, 0.5) is 0 Å². The molecule has 30 heavy (non-hydrogen) atoms. The molecule has 2 rings (SSSR count). The van der Waals surface area contributed by atoms with Gasteiger partial charge in [-0.1, -0.05) is 74.2 Å². The minimum absolute atomic E-state index is 0.113. The summed E-state index contributed by atoms with van der Waals surface area (Å²) < 4.78 is 5.88. The number of rotatable bonds is 14. The molecule has 0 fully saturated rings. The largest absolute Gasteiger partial charge is 0.489 e. The number of hydrogen-bond acceptors (Lipinski definition) is 3. The Morgan fingerprint density at radius 3 is 2.57 bits per heavy atom. The lowest BCUT2D eigenvalue weighted by molar-refractivity contribution is -0.136. The third kappa shape index (κ3) is 9.47. The highest BCUT2D eigenvalue weighted by molar-refractivity contribution is 6.32. The van der Waals surface area contributed by atoms with Gasteiger partial charge in [0, 0.05) is 13.1 Å². The molecule has 0 saturated carbocycles. The summed E-state index contributed by atoms with van der Waals surface area (Å²) in [5.74, 6) is -0.0659. The Labute approximate surface area is 184 Å². The number of carboxylic acid groups (broad SMARTS) is 1. The van der Waals surface area contributed by atoms with Crippen LogP contribution in [0.15, 0.2) is 48.5 Å². The number of aryl methyl sites for hydroxylation is 1. The Balaban J connectivity index is 1.76. The molecule has 0 spiro atoms. The number of ether oxygens (including phenoxy) is 1. The van der Waals surface area contributed by atoms with E-state index in [1.807, 2.05) is 30.4 Å². The Bertz CT molecular complexity index is 803. The predicted molar refractivity (Wildman–Crippen MR) is 124 cm³/mol. The van der Waals surface area contributed by atoms with E-state index >= 15 is 0 Å². The zero-order chi connectivity index (χ0) is 21.6. The van der Waals surface area contributed by atoms with Gasteiger partial charge in [-0.25, -0.2) is 0 Å². The molecule has 0 aliphatic carbocycles. The maximum atomic E-state index is 10.5. The second-order valence-corrected chi connectivity index (χ2v) is 7.76. The van der Waals surface area contributed by atoms with Crippen LogP contribution in [0.25, 0.3) is 6.08 Å². The van der Waals surface area contributed by atoms with Crippen molar-refractivity contribution in [2.24, 2.45) is 0 Å². The smallest absolute Gasteiger partial charge is 0.304 e. The van der Waals surface area contributed by atoms with Crippen molar-refractivity contribution >= 4 is 23.6 Å². The van der Waals surface area contributed by atoms with Crippen molar-refractivity contribution in [3.8, 4) is 5.75 Å². The van der Waals surface area contributed by atoms with E-state index in [2.05, 4.69) is 36.5 Å². The van der Waals surface area contributed by atoms with Crippen molar-refractivity contribution in [1.29, 1.82) is 0 Å². The van der Waals surface area contributed by atoms with E-state index in [0.717, 1.165) is 23.3 Å². The fourth-order valence-electron chi connectivity index (χ4n) is 3.02. The highest BCUT2D eigenvalue weighted by Gasteiger charge is 2.02. The third-order valence-electron chi connectivity index (χ3n) is 4.79. The fraction of sp³-hybridized carbons (Fsp3) is 0.400. The molecule has 0 unspecified atom stereocenters. The summed E-state index contributed by atoms with van der Waals surface area (Å²) in [7, 11) is 0. The van der Waals surface area contributed by atoms with Gasteiger partial charge in [0.2, 0.25) is 0 Å². The number of aliphatic carboxylic acids is 1. The van der Waals surface area contributed by atoms with Crippen molar-refractivity contribution in [3.63, 3.8) is 0 Å². The van der Waals surface area contributed by atoms with Crippen molar-refractivity contribution in [1.82, 2.24) is 5.32 Å². The monoisotopic (exact) mass is 429 g/mol. The molecule has 0 radical (unpaired) electrons. The third-order valence-corrected chi connectivity index (χ3v) is 5.12. The number of nitrogens with one attached hydrogen (secondary N) is 1. The minimum Gasteiger partial charge on any atom is -0.489 e. The highest BCUT2D eigenvalue weighted by atomic mass is 35.5. The first kappa shape index (κ1) is 24.0. The van der Waals surface area contributed by atoms with E-state index in [1.54, 1.807) is 0 Å². The summed E-state index contributed by atoms with van der Waals surface area (Å²) >= 11 is 6.36. The molecule has 5 heteroatoms. The van der Waals surface area contributed by atoms with Crippen LogP contribution in [0.1, 0.15) is 55.7 Å². The molecule has 0 amide bonds. The van der Waals surface area contributed by atoms with Crippen LogP contribution >= 0.6 is 11.6 Å². The average molecular weight is 430 g/mol. The Kier molecular flexibility index (Phi) is 11.1. The normalized spacial score (nSPS) is 11.1. The molecule has 0 heterocycles. The minimum atomic E-state index is -0.802. The van der Waals surface area contributed by atoms with Gasteiger partial charge in [-0.3, -0.25) is 4.79 Å². The molecule has 2 N–H and O–H groups in total. The van der Waals surface area contributed by atoms with Crippen molar-refractivity contribution < 1.29 is 14.6 Å². The second kappa shape index (κ2) is 13.8. The molecular formula is C25H32ClNO3. The second-order valence-electron chi connectivity index (χ2n) is 7.35. The number of unbranched alkanes of at least 4 members (excludes halogenated alkanes) is 3. The van der Waals surface area contributed by atoms with Crippen LogP contribution in [0.5, 0.6) is 5.75 Å². The summed E-state index contributed by atoms with van der Waals surface area (Å²) in [4.78, 5) is 10.5. The number of carbonyl (C=O) groups is 1. The van der Waals surface area contributed by atoms with Crippen LogP contribution in [0.2, 0.25) is 5.02 Å². The SMILES string of the molecule is CCCCCCc1ccc(COc2ccc(C=CCNCCC(=O)O)c(Cl)c2)cc1. The zero-order valence-corrected chi connectivity index (χ0v) is 18.5. The summed E-state index contributed by atoms with van der Waals surface area (Å²) in [6.07, 6.45) is 10.2. The topological polar surface area (TPSA) is 58.6 Å². The Morgan fingerprint density at radius 1 is 1.10 bits per heavy atom. The van der Waals surface area contributed by atoms with E-state index in [4.69, 9.17) is 21.4 Å². The zero-order valence-electron chi connectivity index (χ0n) is 17.7. The molecule has 0 bridgehead atoms. The van der Waals surface area contributed by atoms with Crippen molar-refractivity contribution in [2.45, 2.75) is 52.1 Å². The van der Waals surface area contributed by atoms with E-state index in [0.29, 0.717) is 24.7 Å². The van der Waals surface area contributed by atoms with Gasteiger partial charge in [-0.2, -0.15) is 0 Å². The van der Waals surface area contributed by atoms with Crippen LogP contribution in [-0.2, 0) is 17.8 Å². The molecule has 4 nitrogen and oxygen atoms in total. The molecule has 0 atom stereocenters. The maximum Gasteiger partial charge on any atom is 0.304 e. The number of hydrogen-bond donors (Lipinski definition) is 2. The average Bonchev–Trinajstić information content (AvgIpc) is 2.74.